The van der Waals surface area contributed by atoms with E-state index in [-0.39, 0.29) is 0 Å². The quantitative estimate of drug-likeness (QED) is 0.596. The first kappa shape index (κ1) is 9.82. The van der Waals surface area contributed by atoms with Crippen molar-refractivity contribution in [3.63, 3.8) is 0 Å². The Morgan fingerprint density at radius 2 is 2.00 bits per heavy atom. The van der Waals surface area contributed by atoms with Crippen LogP contribution in [0.15, 0.2) is 18.2 Å². The van der Waals surface area contributed by atoms with E-state index in [9.17, 15) is 8.42 Å². The molecule has 6 heteroatoms. The maximum Gasteiger partial charge on any atom is 0.296 e. The van der Waals surface area contributed by atoms with Crippen LogP contribution in [-0.4, -0.2) is 8.42 Å². The average molecular weight is 201 g/mol. The van der Waals surface area contributed by atoms with E-state index in [1.54, 1.807) is 25.1 Å². The van der Waals surface area contributed by atoms with Gasteiger partial charge in [-0.1, -0.05) is 0 Å². The molecule has 1 aromatic carbocycles. The van der Waals surface area contributed by atoms with Crippen LogP contribution in [0, 0.1) is 6.92 Å². The zero-order chi connectivity index (χ0) is 10.1. The first-order valence-electron chi connectivity index (χ1n) is 3.55. The number of hydrogen-bond donors (Lipinski definition) is 3. The molecule has 0 aliphatic heterocycles. The van der Waals surface area contributed by atoms with Gasteiger partial charge in [-0.25, -0.2) is 5.14 Å². The SMILES string of the molecule is Cc1cc(NS(N)(=O)=O)ccc1N. The second kappa shape index (κ2) is 3.23. The molecule has 1 aromatic rings. The minimum absolute atomic E-state index is 0.411. The second-order valence-corrected chi connectivity index (χ2v) is 4.01. The minimum atomic E-state index is -3.70. The zero-order valence-corrected chi connectivity index (χ0v) is 7.93. The summed E-state index contributed by atoms with van der Waals surface area (Å²) in [5.74, 6) is 0. The average Bonchev–Trinajstić information content (AvgIpc) is 1.94. The summed E-state index contributed by atoms with van der Waals surface area (Å²) in [6, 6.07) is 4.77. The number of anilines is 2. The second-order valence-electron chi connectivity index (χ2n) is 2.72. The van der Waals surface area contributed by atoms with Crippen LogP contribution in [0.4, 0.5) is 11.4 Å². The van der Waals surface area contributed by atoms with Gasteiger partial charge >= 0.3 is 0 Å². The van der Waals surface area contributed by atoms with Gasteiger partial charge in [0.2, 0.25) is 0 Å². The summed E-state index contributed by atoms with van der Waals surface area (Å²) in [6.45, 7) is 1.78. The molecule has 13 heavy (non-hydrogen) atoms. The highest BCUT2D eigenvalue weighted by Gasteiger charge is 2.02. The van der Waals surface area contributed by atoms with Gasteiger partial charge in [-0.05, 0) is 30.7 Å². The molecule has 0 spiro atoms. The van der Waals surface area contributed by atoms with Crippen molar-refractivity contribution in [2.45, 2.75) is 6.92 Å². The van der Waals surface area contributed by atoms with Gasteiger partial charge in [0, 0.05) is 5.69 Å². The fraction of sp³-hybridized carbons (Fsp3) is 0.143. The summed E-state index contributed by atoms with van der Waals surface area (Å²) in [5.41, 5.74) is 7.37. The molecular weight excluding hydrogens is 190 g/mol. The van der Waals surface area contributed by atoms with Crippen molar-refractivity contribution in [2.24, 2.45) is 5.14 Å². The monoisotopic (exact) mass is 201 g/mol. The summed E-state index contributed by atoms with van der Waals surface area (Å²) in [6.07, 6.45) is 0. The molecule has 0 saturated carbocycles. The zero-order valence-electron chi connectivity index (χ0n) is 7.11. The van der Waals surface area contributed by atoms with E-state index in [4.69, 9.17) is 10.9 Å². The lowest BCUT2D eigenvalue weighted by Crippen LogP contribution is -2.21. The Morgan fingerprint density at radius 3 is 2.46 bits per heavy atom. The van der Waals surface area contributed by atoms with E-state index in [0.29, 0.717) is 11.4 Å². The van der Waals surface area contributed by atoms with E-state index < -0.39 is 10.2 Å². The first-order chi connectivity index (χ1) is 5.88. The van der Waals surface area contributed by atoms with Crippen LogP contribution in [0.5, 0.6) is 0 Å². The smallest absolute Gasteiger partial charge is 0.296 e. The number of benzene rings is 1. The number of aryl methyl sites for hydroxylation is 1. The van der Waals surface area contributed by atoms with Crippen molar-refractivity contribution in [1.29, 1.82) is 0 Å². The number of rotatable bonds is 2. The van der Waals surface area contributed by atoms with Crippen molar-refractivity contribution in [1.82, 2.24) is 0 Å². The van der Waals surface area contributed by atoms with Crippen LogP contribution < -0.4 is 15.6 Å². The van der Waals surface area contributed by atoms with E-state index in [1.807, 2.05) is 0 Å². The molecule has 72 valence electrons. The highest BCUT2D eigenvalue weighted by molar-refractivity contribution is 7.90. The Kier molecular flexibility index (Phi) is 2.44. The van der Waals surface area contributed by atoms with Crippen molar-refractivity contribution in [2.75, 3.05) is 10.5 Å². The largest absolute Gasteiger partial charge is 0.399 e. The Morgan fingerprint density at radius 1 is 1.38 bits per heavy atom. The Bertz CT molecular complexity index is 414. The topological polar surface area (TPSA) is 98.2 Å². The Hall–Kier alpha value is -1.27. The van der Waals surface area contributed by atoms with E-state index in [0.717, 1.165) is 5.56 Å². The highest BCUT2D eigenvalue weighted by Crippen LogP contribution is 2.16. The summed E-state index contributed by atoms with van der Waals surface area (Å²) in [4.78, 5) is 0. The first-order valence-corrected chi connectivity index (χ1v) is 5.10. The fourth-order valence-corrected chi connectivity index (χ4v) is 1.36. The molecule has 5 nitrogen and oxygen atoms in total. The number of nitrogens with one attached hydrogen (secondary N) is 1. The van der Waals surface area contributed by atoms with Gasteiger partial charge in [0.1, 0.15) is 0 Å². The van der Waals surface area contributed by atoms with Gasteiger partial charge in [0.15, 0.2) is 0 Å². The van der Waals surface area contributed by atoms with Crippen LogP contribution in [0.2, 0.25) is 0 Å². The van der Waals surface area contributed by atoms with Gasteiger partial charge in [-0.15, -0.1) is 0 Å². The summed E-state index contributed by atoms with van der Waals surface area (Å²) in [7, 11) is -3.70. The maximum atomic E-state index is 10.6. The number of nitrogen functional groups attached to an aromatic ring is 1. The van der Waals surface area contributed by atoms with Gasteiger partial charge < -0.3 is 5.73 Å². The summed E-state index contributed by atoms with van der Waals surface area (Å²) in [5, 5.41) is 4.79. The third kappa shape index (κ3) is 2.92. The molecule has 0 amide bonds. The lowest BCUT2D eigenvalue weighted by atomic mass is 10.2. The lowest BCUT2D eigenvalue weighted by Gasteiger charge is -2.05. The molecule has 0 bridgehead atoms. The molecule has 0 aliphatic rings. The van der Waals surface area contributed by atoms with Crippen molar-refractivity contribution in [3.8, 4) is 0 Å². The predicted octanol–water partition coefficient (Wildman–Crippen LogP) is 0.193. The van der Waals surface area contributed by atoms with Gasteiger partial charge in [-0.2, -0.15) is 8.42 Å². The molecule has 1 rings (SSSR count). The molecule has 5 N–H and O–H groups in total. The summed E-state index contributed by atoms with van der Waals surface area (Å²) < 4.78 is 23.4. The fourth-order valence-electron chi connectivity index (χ4n) is 0.903. The third-order valence-electron chi connectivity index (χ3n) is 1.53. The van der Waals surface area contributed by atoms with Crippen molar-refractivity contribution < 1.29 is 8.42 Å². The van der Waals surface area contributed by atoms with Crippen LogP contribution in [0.3, 0.4) is 0 Å². The van der Waals surface area contributed by atoms with Crippen molar-refractivity contribution in [3.05, 3.63) is 23.8 Å². The van der Waals surface area contributed by atoms with Crippen LogP contribution in [-0.2, 0) is 10.2 Å². The van der Waals surface area contributed by atoms with Crippen molar-refractivity contribution >= 4 is 21.6 Å². The maximum absolute atomic E-state index is 10.6. The van der Waals surface area contributed by atoms with E-state index in [1.165, 1.54) is 0 Å². The van der Waals surface area contributed by atoms with Gasteiger partial charge in [-0.3, -0.25) is 4.72 Å². The lowest BCUT2D eigenvalue weighted by molar-refractivity contribution is 0.603. The molecule has 0 radical (unpaired) electrons. The van der Waals surface area contributed by atoms with Crippen LogP contribution in [0.25, 0.3) is 0 Å². The predicted molar refractivity (Wildman–Crippen MR) is 52.3 cm³/mol. The van der Waals surface area contributed by atoms with E-state index in [2.05, 4.69) is 4.72 Å². The molecule has 0 saturated heterocycles. The number of nitrogens with two attached hydrogens (primary N) is 2. The standard InChI is InChI=1S/C7H11N3O2S/c1-5-4-6(2-3-7(5)8)10-13(9,11)12/h2-4,10H,8H2,1H3,(H2,9,11,12). The molecule has 0 atom stereocenters. The summed E-state index contributed by atoms with van der Waals surface area (Å²) >= 11 is 0. The molecule has 0 heterocycles. The normalized spacial score (nSPS) is 11.2. The molecule has 0 fully saturated rings. The van der Waals surface area contributed by atoms with Crippen LogP contribution >= 0.6 is 0 Å². The minimum Gasteiger partial charge on any atom is -0.399 e. The van der Waals surface area contributed by atoms with Gasteiger partial charge in [0.25, 0.3) is 10.2 Å². The Labute approximate surface area is 76.9 Å². The molecule has 0 unspecified atom stereocenters. The third-order valence-corrected chi connectivity index (χ3v) is 2.05. The highest BCUT2D eigenvalue weighted by atomic mass is 32.2. The molecule has 0 aliphatic carbocycles. The molecular formula is C7H11N3O2S. The Balaban J connectivity index is 2.99. The molecule has 0 aromatic heterocycles. The van der Waals surface area contributed by atoms with Crippen LogP contribution in [0.1, 0.15) is 5.56 Å². The number of hydrogen-bond acceptors (Lipinski definition) is 3. The van der Waals surface area contributed by atoms with Gasteiger partial charge in [0.05, 0.1) is 5.69 Å². The van der Waals surface area contributed by atoms with E-state index >= 15 is 0 Å².